The molecule has 43 heavy (non-hydrogen) atoms. The van der Waals surface area contributed by atoms with Crippen molar-refractivity contribution in [1.82, 2.24) is 19.8 Å². The van der Waals surface area contributed by atoms with E-state index < -0.39 is 47.0 Å². The summed E-state index contributed by atoms with van der Waals surface area (Å²) >= 11 is 8.26. The number of fused-ring (bicyclic) bond motifs is 2. The van der Waals surface area contributed by atoms with Gasteiger partial charge in [0.2, 0.25) is 5.52 Å². The number of hydrogen-bond donors (Lipinski definition) is 2. The van der Waals surface area contributed by atoms with E-state index in [9.17, 15) is 29.4 Å². The number of thioether (sulfide) groups is 1. The van der Waals surface area contributed by atoms with Crippen molar-refractivity contribution in [1.29, 1.82) is 0 Å². The molecule has 0 aliphatic carbocycles. The maximum atomic E-state index is 13.2. The topological polar surface area (TPSA) is 199 Å². The van der Waals surface area contributed by atoms with Crippen LogP contribution >= 0.6 is 34.7 Å². The predicted molar refractivity (Wildman–Crippen MR) is 148 cm³/mol. The van der Waals surface area contributed by atoms with Crippen molar-refractivity contribution in [3.05, 3.63) is 51.9 Å². The van der Waals surface area contributed by atoms with Gasteiger partial charge < -0.3 is 40.3 Å². The minimum Gasteiger partial charge on any atom is -0.546 e. The number of pyridine rings is 1. The van der Waals surface area contributed by atoms with Gasteiger partial charge in [0.25, 0.3) is 11.8 Å². The molecule has 18 heteroatoms. The molecule has 5 rings (SSSR count). The number of oxime groups is 1. The van der Waals surface area contributed by atoms with Gasteiger partial charge in [0.05, 0.1) is 17.6 Å². The Morgan fingerprint density at radius 1 is 1.35 bits per heavy atom. The zero-order chi connectivity index (χ0) is 30.3. The fourth-order valence-electron chi connectivity index (χ4n) is 4.67. The number of nitrogens with zero attached hydrogens (tertiary/aromatic N) is 5. The molecule has 0 saturated carbocycles. The van der Waals surface area contributed by atoms with Gasteiger partial charge in [0.15, 0.2) is 29.7 Å². The molecule has 3 N–H and O–H groups in total. The van der Waals surface area contributed by atoms with Crippen molar-refractivity contribution in [2.24, 2.45) is 5.16 Å². The number of aromatic nitrogens is 3. The number of carbonyl (C=O) groups is 4. The minimum absolute atomic E-state index is 0. The van der Waals surface area contributed by atoms with E-state index in [1.807, 2.05) is 42.1 Å². The number of carboxylic acid groups (broad SMARTS) is 2. The molecule has 2 amide bonds. The van der Waals surface area contributed by atoms with Gasteiger partial charge in [-0.25, -0.2) is 4.98 Å². The molecule has 220 valence electrons. The largest absolute Gasteiger partial charge is 1.00 e. The van der Waals surface area contributed by atoms with E-state index in [0.717, 1.165) is 40.7 Å². The van der Waals surface area contributed by atoms with Gasteiger partial charge in [-0.15, -0.1) is 11.8 Å². The second kappa shape index (κ2) is 13.2. The summed E-state index contributed by atoms with van der Waals surface area (Å²) in [5.41, 5.74) is 7.10. The summed E-state index contributed by atoms with van der Waals surface area (Å²) < 4.78 is 3.95. The third kappa shape index (κ3) is 6.25. The van der Waals surface area contributed by atoms with Crippen molar-refractivity contribution in [2.75, 3.05) is 11.5 Å². The molecule has 0 bridgehead atoms. The van der Waals surface area contributed by atoms with Crippen molar-refractivity contribution in [2.45, 2.75) is 44.5 Å². The van der Waals surface area contributed by atoms with Crippen molar-refractivity contribution >= 4 is 80.3 Å². The number of rotatable bonds is 10. The average molecular weight is 656 g/mol. The number of nitrogens with one attached hydrogen (secondary N) is 1. The number of nitrogen functional groups attached to an aromatic ring is 1. The first-order valence-corrected chi connectivity index (χ1v) is 14.8. The normalized spacial score (nSPS) is 18.9. The van der Waals surface area contributed by atoms with Crippen molar-refractivity contribution in [3.63, 3.8) is 0 Å². The van der Waals surface area contributed by atoms with Crippen LogP contribution in [0.3, 0.4) is 0 Å². The smallest absolute Gasteiger partial charge is 0.546 e. The number of anilines is 1. The Morgan fingerprint density at radius 3 is 2.72 bits per heavy atom. The van der Waals surface area contributed by atoms with Crippen LogP contribution in [0.5, 0.6) is 0 Å². The molecule has 2 unspecified atom stereocenters. The first-order chi connectivity index (χ1) is 20.0. The number of β-lactam (4-membered cyclic amide) rings is 1. The summed E-state index contributed by atoms with van der Waals surface area (Å²) in [5.74, 6) is -4.47. The van der Waals surface area contributed by atoms with Gasteiger partial charge in [-0.2, -0.15) is 4.57 Å². The maximum Gasteiger partial charge on any atom is 1.00 e. The molecule has 0 radical (unpaired) electrons. The Morgan fingerprint density at radius 2 is 2.09 bits per heavy atom. The number of halogens is 1. The molecule has 2 aliphatic rings. The SMILES string of the molecule is CCn1ccc2c1ccc[n+]2CC1=C(C(=O)[O-])N2C(=O)C(NC(=O)/C(=N\O[C@@H](C)C(=O)[O-])c3nc(N)sc3Cl)C2SC1.[Na+]. The van der Waals surface area contributed by atoms with Crippen LogP contribution in [-0.2, 0) is 37.1 Å². The number of carboxylic acids is 2. The first-order valence-electron chi connectivity index (χ1n) is 12.5. The predicted octanol–water partition coefficient (Wildman–Crippen LogP) is -4.39. The minimum atomic E-state index is -1.58. The molecule has 3 aromatic heterocycles. The molecule has 2 aliphatic heterocycles. The first kappa shape index (κ1) is 32.8. The van der Waals surface area contributed by atoms with Crippen LogP contribution < -0.4 is 55.4 Å². The van der Waals surface area contributed by atoms with Crippen LogP contribution in [0.25, 0.3) is 11.0 Å². The molecular weight excluding hydrogens is 633 g/mol. The van der Waals surface area contributed by atoms with Crippen molar-refractivity contribution < 1.29 is 68.4 Å². The Hall–Kier alpha value is -3.15. The fourth-order valence-corrected chi connectivity index (χ4v) is 6.93. The van der Waals surface area contributed by atoms with Crippen LogP contribution in [0.2, 0.25) is 4.34 Å². The van der Waals surface area contributed by atoms with E-state index in [2.05, 4.69) is 20.0 Å². The second-order valence-corrected chi connectivity index (χ2v) is 12.0. The standard InChI is InChI=1S/C25H24ClN7O7S2.Na/c1-3-31-8-6-14-13(31)5-4-7-32(14)9-12-10-41-22-17(21(35)33(22)18(12)24(38)39)28-20(34)16(30-40-11(2)23(36)37)15-19(26)42-25(27)29-15;/h4-8,11,17,22H,3,9-10H2,1-2H3,(H4-,27,28,29,34,36,37,38,39);/q;+1/p-1/b30-16-;/t11-,17?,22?;/m0./s1. The van der Waals surface area contributed by atoms with Crippen molar-refractivity contribution in [3.8, 4) is 0 Å². The van der Waals surface area contributed by atoms with E-state index >= 15 is 0 Å². The summed E-state index contributed by atoms with van der Waals surface area (Å²) in [6.07, 6.45) is 2.26. The van der Waals surface area contributed by atoms with Crippen LogP contribution in [0, 0.1) is 0 Å². The number of carbonyl (C=O) groups excluding carboxylic acids is 4. The number of thiazole rings is 1. The van der Waals surface area contributed by atoms with E-state index in [1.54, 1.807) is 0 Å². The van der Waals surface area contributed by atoms with Crippen LogP contribution in [0.1, 0.15) is 19.5 Å². The van der Waals surface area contributed by atoms with Gasteiger partial charge in [0, 0.05) is 36.2 Å². The fraction of sp³-hybridized carbons (Fsp3) is 0.320. The summed E-state index contributed by atoms with van der Waals surface area (Å²) in [5, 5.41) is 28.7. The van der Waals surface area contributed by atoms with E-state index in [0.29, 0.717) is 5.57 Å². The van der Waals surface area contributed by atoms with Gasteiger partial charge in [-0.1, -0.05) is 28.1 Å². The van der Waals surface area contributed by atoms with Crippen LogP contribution in [0.4, 0.5) is 5.13 Å². The average Bonchev–Trinajstić information content (AvgIpc) is 3.53. The molecule has 3 atom stereocenters. The summed E-state index contributed by atoms with van der Waals surface area (Å²) in [6.45, 7) is 4.14. The van der Waals surface area contributed by atoms with E-state index in [1.165, 1.54) is 11.8 Å². The Bertz CT molecular complexity index is 1690. The Labute approximate surface area is 279 Å². The zero-order valence-corrected chi connectivity index (χ0v) is 27.5. The Kier molecular flexibility index (Phi) is 10.1. The molecule has 0 aromatic carbocycles. The molecule has 1 fully saturated rings. The van der Waals surface area contributed by atoms with E-state index in [4.69, 9.17) is 22.2 Å². The summed E-state index contributed by atoms with van der Waals surface area (Å²) in [4.78, 5) is 59.7. The number of nitrogens with two attached hydrogens (primary N) is 1. The van der Waals surface area contributed by atoms with Gasteiger partial charge in [-0.05, 0) is 19.9 Å². The van der Waals surface area contributed by atoms with Crippen LogP contribution in [-0.4, -0.2) is 67.2 Å². The number of aliphatic carboxylic acids is 2. The number of aryl methyl sites for hydroxylation is 1. The summed E-state index contributed by atoms with van der Waals surface area (Å²) in [7, 11) is 0. The van der Waals surface area contributed by atoms with Gasteiger partial charge >= 0.3 is 29.6 Å². The van der Waals surface area contributed by atoms with Gasteiger partial charge in [-0.3, -0.25) is 14.5 Å². The van der Waals surface area contributed by atoms with Gasteiger partial charge in [0.1, 0.15) is 27.0 Å². The van der Waals surface area contributed by atoms with Crippen LogP contribution in [0.15, 0.2) is 47.0 Å². The third-order valence-corrected chi connectivity index (χ3v) is 9.14. The maximum absolute atomic E-state index is 13.2. The molecule has 0 spiro atoms. The zero-order valence-electron chi connectivity index (χ0n) is 23.1. The Balaban J connectivity index is 0.00000423. The molecule has 3 aromatic rings. The molecule has 1 saturated heterocycles. The quantitative estimate of drug-likeness (QED) is 0.0707. The second-order valence-electron chi connectivity index (χ2n) is 9.29. The number of hydrogen-bond acceptors (Lipinski definition) is 12. The summed E-state index contributed by atoms with van der Waals surface area (Å²) in [6, 6.07) is 4.64. The third-order valence-electron chi connectivity index (χ3n) is 6.72. The van der Waals surface area contributed by atoms with E-state index in [-0.39, 0.29) is 62.7 Å². The molecule has 5 heterocycles. The molecular formula is C25H23ClN7NaO7S2. The molecule has 14 nitrogen and oxygen atoms in total. The number of amides is 2. The monoisotopic (exact) mass is 655 g/mol.